The van der Waals surface area contributed by atoms with Gasteiger partial charge in [0, 0.05) is 12.2 Å². The number of aliphatic carboxylic acids is 1. The van der Waals surface area contributed by atoms with Gasteiger partial charge in [0.05, 0.1) is 11.8 Å². The molecule has 1 heterocycles. The van der Waals surface area contributed by atoms with E-state index in [4.69, 9.17) is 5.11 Å². The molecule has 1 aliphatic heterocycles. The summed E-state index contributed by atoms with van der Waals surface area (Å²) in [5.41, 5.74) is 2.16. The van der Waals surface area contributed by atoms with Gasteiger partial charge in [-0.3, -0.25) is 9.59 Å². The highest BCUT2D eigenvalue weighted by molar-refractivity contribution is 5.99. The molecule has 1 amide bonds. The molecule has 1 saturated carbocycles. The number of hydrogen-bond donors (Lipinski definition) is 1. The van der Waals surface area contributed by atoms with Crippen molar-refractivity contribution in [3.63, 3.8) is 0 Å². The molecule has 3 rings (SSSR count). The predicted molar refractivity (Wildman–Crippen MR) is 75.7 cm³/mol. The Morgan fingerprint density at radius 2 is 1.85 bits per heavy atom. The minimum Gasteiger partial charge on any atom is -0.481 e. The van der Waals surface area contributed by atoms with E-state index >= 15 is 0 Å². The van der Waals surface area contributed by atoms with Gasteiger partial charge in [-0.25, -0.2) is 0 Å². The van der Waals surface area contributed by atoms with Crippen LogP contribution in [0.5, 0.6) is 0 Å². The quantitative estimate of drug-likeness (QED) is 0.901. The second-order valence-corrected chi connectivity index (χ2v) is 5.87. The van der Waals surface area contributed by atoms with E-state index in [-0.39, 0.29) is 11.8 Å². The highest BCUT2D eigenvalue weighted by Gasteiger charge is 2.44. The number of carbonyl (C=O) groups excluding carboxylic acids is 1. The summed E-state index contributed by atoms with van der Waals surface area (Å²) < 4.78 is 0. The molecule has 0 bridgehead atoms. The molecular weight excluding hydrogens is 254 g/mol. The smallest absolute Gasteiger partial charge is 0.307 e. The van der Waals surface area contributed by atoms with Crippen molar-refractivity contribution in [1.29, 1.82) is 0 Å². The van der Waals surface area contributed by atoms with Crippen molar-refractivity contribution < 1.29 is 14.7 Å². The molecule has 0 spiro atoms. The number of amides is 1. The minimum atomic E-state index is -0.840. The van der Waals surface area contributed by atoms with Crippen LogP contribution in [0.3, 0.4) is 0 Å². The van der Waals surface area contributed by atoms with E-state index < -0.39 is 11.9 Å². The Bertz CT molecular complexity index is 554. The number of carboxylic acids is 1. The van der Waals surface area contributed by atoms with Gasteiger partial charge in [-0.15, -0.1) is 0 Å². The number of benzene rings is 1. The second kappa shape index (κ2) is 4.93. The summed E-state index contributed by atoms with van der Waals surface area (Å²) in [6.07, 6.45) is 2.26. The molecule has 4 nitrogen and oxygen atoms in total. The van der Waals surface area contributed by atoms with Gasteiger partial charge in [-0.2, -0.15) is 0 Å². The van der Waals surface area contributed by atoms with Crippen LogP contribution in [-0.4, -0.2) is 23.5 Å². The number of para-hydroxylation sites is 1. The van der Waals surface area contributed by atoms with Crippen LogP contribution in [0.4, 0.5) is 5.69 Å². The summed E-state index contributed by atoms with van der Waals surface area (Å²) >= 11 is 0. The van der Waals surface area contributed by atoms with E-state index in [9.17, 15) is 9.59 Å². The first-order valence-electron chi connectivity index (χ1n) is 7.22. The molecule has 2 aliphatic rings. The van der Waals surface area contributed by atoms with E-state index in [1.807, 2.05) is 18.2 Å². The maximum atomic E-state index is 12.6. The molecule has 0 radical (unpaired) electrons. The summed E-state index contributed by atoms with van der Waals surface area (Å²) in [5.74, 6) is -1.23. The van der Waals surface area contributed by atoms with E-state index in [0.29, 0.717) is 25.3 Å². The normalized spacial score (nSPS) is 28.4. The van der Waals surface area contributed by atoms with Crippen LogP contribution in [0.2, 0.25) is 0 Å². The van der Waals surface area contributed by atoms with Gasteiger partial charge in [0.2, 0.25) is 5.91 Å². The Balaban J connectivity index is 1.86. The van der Waals surface area contributed by atoms with E-state index in [2.05, 4.69) is 13.0 Å². The van der Waals surface area contributed by atoms with Crippen LogP contribution in [0, 0.1) is 11.8 Å². The number of rotatable bonds is 2. The lowest BCUT2D eigenvalue weighted by atomic mass is 9.72. The van der Waals surface area contributed by atoms with Crippen LogP contribution < -0.4 is 4.90 Å². The van der Waals surface area contributed by atoms with Crippen molar-refractivity contribution in [3.8, 4) is 0 Å². The molecule has 3 unspecified atom stereocenters. The fourth-order valence-corrected chi connectivity index (χ4v) is 3.27. The van der Waals surface area contributed by atoms with Crippen molar-refractivity contribution in [2.24, 2.45) is 11.8 Å². The third kappa shape index (κ3) is 1.99. The first-order valence-corrected chi connectivity index (χ1v) is 7.22. The average Bonchev–Trinajstić information content (AvgIpc) is 2.37. The number of carboxylic acid groups (broad SMARTS) is 1. The van der Waals surface area contributed by atoms with Gasteiger partial charge in [0.1, 0.15) is 0 Å². The number of anilines is 1. The van der Waals surface area contributed by atoms with Gasteiger partial charge in [-0.1, -0.05) is 25.1 Å². The van der Waals surface area contributed by atoms with E-state index in [1.54, 1.807) is 4.90 Å². The zero-order valence-electron chi connectivity index (χ0n) is 11.6. The van der Waals surface area contributed by atoms with Crippen LogP contribution in [0.25, 0.3) is 0 Å². The Kier molecular flexibility index (Phi) is 3.24. The lowest BCUT2D eigenvalue weighted by Gasteiger charge is -2.39. The topological polar surface area (TPSA) is 57.6 Å². The van der Waals surface area contributed by atoms with Crippen molar-refractivity contribution in [2.45, 2.75) is 32.1 Å². The molecule has 20 heavy (non-hydrogen) atoms. The Morgan fingerprint density at radius 3 is 2.50 bits per heavy atom. The standard InChI is InChI=1S/C16H19NO3/c1-10-8-9-17(14-5-3-2-4-11(10)14)15(18)12-6-7-13(12)16(19)20/h2-5,10,12-13H,6-9H2,1H3,(H,19,20). The summed E-state index contributed by atoms with van der Waals surface area (Å²) in [4.78, 5) is 25.5. The molecule has 1 aromatic carbocycles. The second-order valence-electron chi connectivity index (χ2n) is 5.87. The maximum absolute atomic E-state index is 12.6. The van der Waals surface area contributed by atoms with Gasteiger partial charge in [-0.05, 0) is 36.8 Å². The molecule has 3 atom stereocenters. The number of carbonyl (C=O) groups is 2. The lowest BCUT2D eigenvalue weighted by molar-refractivity contribution is -0.152. The average molecular weight is 273 g/mol. The molecule has 0 saturated heterocycles. The molecule has 106 valence electrons. The Hall–Kier alpha value is -1.84. The van der Waals surface area contributed by atoms with Crippen molar-refractivity contribution in [1.82, 2.24) is 0 Å². The zero-order chi connectivity index (χ0) is 14.3. The van der Waals surface area contributed by atoms with Crippen molar-refractivity contribution in [3.05, 3.63) is 29.8 Å². The Labute approximate surface area is 118 Å². The number of hydrogen-bond acceptors (Lipinski definition) is 2. The van der Waals surface area contributed by atoms with Gasteiger partial charge < -0.3 is 10.0 Å². The zero-order valence-corrected chi connectivity index (χ0v) is 11.6. The third-order valence-electron chi connectivity index (χ3n) is 4.72. The van der Waals surface area contributed by atoms with E-state index in [1.165, 1.54) is 5.56 Å². The van der Waals surface area contributed by atoms with Crippen molar-refractivity contribution >= 4 is 17.6 Å². The van der Waals surface area contributed by atoms with Gasteiger partial charge in [0.25, 0.3) is 0 Å². The first kappa shape index (κ1) is 13.2. The molecule has 1 N–H and O–H groups in total. The predicted octanol–water partition coefficient (Wildman–Crippen LogP) is 2.64. The molecular formula is C16H19NO3. The van der Waals surface area contributed by atoms with Crippen LogP contribution in [-0.2, 0) is 9.59 Å². The minimum absolute atomic E-state index is 0.0111. The SMILES string of the molecule is CC1CCN(C(=O)C2CCC2C(=O)O)c2ccccc21. The molecule has 1 aromatic rings. The fraction of sp³-hybridized carbons (Fsp3) is 0.500. The summed E-state index contributed by atoms with van der Waals surface area (Å²) in [5, 5.41) is 9.12. The summed E-state index contributed by atoms with van der Waals surface area (Å²) in [7, 11) is 0. The van der Waals surface area contributed by atoms with Crippen LogP contribution in [0.15, 0.2) is 24.3 Å². The first-order chi connectivity index (χ1) is 9.59. The van der Waals surface area contributed by atoms with Crippen LogP contribution in [0.1, 0.15) is 37.7 Å². The molecule has 4 heteroatoms. The fourth-order valence-electron chi connectivity index (χ4n) is 3.27. The maximum Gasteiger partial charge on any atom is 0.307 e. The Morgan fingerprint density at radius 1 is 1.15 bits per heavy atom. The number of fused-ring (bicyclic) bond motifs is 1. The van der Waals surface area contributed by atoms with E-state index in [0.717, 1.165) is 12.1 Å². The number of nitrogens with zero attached hydrogens (tertiary/aromatic N) is 1. The monoisotopic (exact) mass is 273 g/mol. The van der Waals surface area contributed by atoms with Crippen molar-refractivity contribution in [2.75, 3.05) is 11.4 Å². The largest absolute Gasteiger partial charge is 0.481 e. The highest BCUT2D eigenvalue weighted by Crippen LogP contribution is 2.40. The molecule has 1 fully saturated rings. The lowest BCUT2D eigenvalue weighted by Crippen LogP contribution is -2.48. The summed E-state index contributed by atoms with van der Waals surface area (Å²) in [6, 6.07) is 7.96. The van der Waals surface area contributed by atoms with Gasteiger partial charge in [0.15, 0.2) is 0 Å². The molecule has 0 aromatic heterocycles. The summed E-state index contributed by atoms with van der Waals surface area (Å²) in [6.45, 7) is 2.86. The highest BCUT2D eigenvalue weighted by atomic mass is 16.4. The molecule has 1 aliphatic carbocycles. The van der Waals surface area contributed by atoms with Crippen LogP contribution >= 0.6 is 0 Å². The van der Waals surface area contributed by atoms with Gasteiger partial charge >= 0.3 is 5.97 Å². The third-order valence-corrected chi connectivity index (χ3v) is 4.72.